The Morgan fingerprint density at radius 3 is 2.48 bits per heavy atom. The van der Waals surface area contributed by atoms with Crippen molar-refractivity contribution >= 4 is 15.9 Å². The third-order valence-electron chi connectivity index (χ3n) is 4.62. The maximum Gasteiger partial charge on any atom is 0.243 e. The Labute approximate surface area is 151 Å². The Kier molecular flexibility index (Phi) is 6.98. The van der Waals surface area contributed by atoms with Gasteiger partial charge in [-0.1, -0.05) is 18.2 Å². The van der Waals surface area contributed by atoms with Crippen LogP contribution in [0.3, 0.4) is 0 Å². The fourth-order valence-electron chi connectivity index (χ4n) is 3.09. The highest BCUT2D eigenvalue weighted by Crippen LogP contribution is 2.25. The average molecular weight is 368 g/mol. The van der Waals surface area contributed by atoms with Crippen LogP contribution in [0.5, 0.6) is 0 Å². The lowest BCUT2D eigenvalue weighted by atomic mass is 9.97. The number of rotatable bonds is 7. The molecule has 0 aromatic heterocycles. The second-order valence-corrected chi connectivity index (χ2v) is 8.80. The van der Waals surface area contributed by atoms with Crippen LogP contribution in [0.2, 0.25) is 0 Å². The lowest BCUT2D eigenvalue weighted by Crippen LogP contribution is -2.43. The van der Waals surface area contributed by atoms with Gasteiger partial charge in [0.25, 0.3) is 0 Å². The number of hydrogen-bond donors (Lipinski definition) is 1. The van der Waals surface area contributed by atoms with Crippen LogP contribution in [-0.4, -0.2) is 63.8 Å². The van der Waals surface area contributed by atoms with Gasteiger partial charge in [0.05, 0.1) is 4.90 Å². The van der Waals surface area contributed by atoms with Gasteiger partial charge < -0.3 is 10.2 Å². The second-order valence-electron chi connectivity index (χ2n) is 6.89. The zero-order valence-electron chi connectivity index (χ0n) is 15.4. The van der Waals surface area contributed by atoms with E-state index in [0.29, 0.717) is 37.4 Å². The van der Waals surface area contributed by atoms with E-state index in [1.165, 1.54) is 4.31 Å². The van der Waals surface area contributed by atoms with Crippen LogP contribution < -0.4 is 5.32 Å². The molecule has 1 heterocycles. The minimum Gasteiger partial charge on any atom is -0.356 e. The smallest absolute Gasteiger partial charge is 0.243 e. The number of nitrogens with one attached hydrogen (secondary N) is 1. The molecule has 0 bridgehead atoms. The Morgan fingerprint density at radius 2 is 1.88 bits per heavy atom. The van der Waals surface area contributed by atoms with Crippen LogP contribution >= 0.6 is 0 Å². The minimum absolute atomic E-state index is 0.0479. The molecular formula is C18H29N3O3S. The van der Waals surface area contributed by atoms with E-state index >= 15 is 0 Å². The summed E-state index contributed by atoms with van der Waals surface area (Å²) < 4.78 is 27.1. The van der Waals surface area contributed by atoms with E-state index in [1.807, 2.05) is 20.2 Å². The van der Waals surface area contributed by atoms with Gasteiger partial charge in [0.1, 0.15) is 0 Å². The zero-order valence-corrected chi connectivity index (χ0v) is 16.2. The molecule has 0 atom stereocenters. The third kappa shape index (κ3) is 5.26. The summed E-state index contributed by atoms with van der Waals surface area (Å²) in [7, 11) is 0.537. The normalized spacial score (nSPS) is 17.0. The number of sulfonamides is 1. The van der Waals surface area contributed by atoms with Gasteiger partial charge in [0, 0.05) is 25.6 Å². The molecule has 140 valence electrons. The molecule has 1 aromatic carbocycles. The van der Waals surface area contributed by atoms with E-state index in [2.05, 4.69) is 10.2 Å². The minimum atomic E-state index is -3.48. The fourth-order valence-corrected chi connectivity index (χ4v) is 4.79. The van der Waals surface area contributed by atoms with E-state index in [1.54, 1.807) is 25.1 Å². The molecule has 1 saturated heterocycles. The summed E-state index contributed by atoms with van der Waals surface area (Å²) in [5.74, 6) is -0.0469. The molecular weight excluding hydrogens is 338 g/mol. The van der Waals surface area contributed by atoms with Gasteiger partial charge >= 0.3 is 0 Å². The van der Waals surface area contributed by atoms with Crippen molar-refractivity contribution < 1.29 is 13.2 Å². The topological polar surface area (TPSA) is 69.7 Å². The molecule has 1 amide bonds. The van der Waals surface area contributed by atoms with Crippen molar-refractivity contribution in [1.82, 2.24) is 14.5 Å². The Balaban J connectivity index is 1.87. The molecule has 1 fully saturated rings. The average Bonchev–Trinajstić information content (AvgIpc) is 2.58. The fraction of sp³-hybridized carbons (Fsp3) is 0.611. The number of hydrogen-bond acceptors (Lipinski definition) is 4. The van der Waals surface area contributed by atoms with E-state index in [4.69, 9.17) is 0 Å². The Hall–Kier alpha value is -1.44. The second kappa shape index (κ2) is 8.78. The van der Waals surface area contributed by atoms with E-state index < -0.39 is 10.0 Å². The maximum absolute atomic E-state index is 12.8. The quantitative estimate of drug-likeness (QED) is 0.741. The predicted octanol–water partition coefficient (Wildman–Crippen LogP) is 1.46. The van der Waals surface area contributed by atoms with Crippen molar-refractivity contribution in [3.63, 3.8) is 0 Å². The lowest BCUT2D eigenvalue weighted by molar-refractivity contribution is -0.126. The first-order chi connectivity index (χ1) is 11.8. The van der Waals surface area contributed by atoms with Crippen LogP contribution in [-0.2, 0) is 14.8 Å². The number of amides is 1. The van der Waals surface area contributed by atoms with E-state index in [9.17, 15) is 13.2 Å². The van der Waals surface area contributed by atoms with E-state index in [-0.39, 0.29) is 11.8 Å². The third-order valence-corrected chi connectivity index (χ3v) is 6.68. The number of piperidine rings is 1. The molecule has 1 aliphatic rings. The molecule has 7 heteroatoms. The van der Waals surface area contributed by atoms with Crippen LogP contribution in [0.25, 0.3) is 0 Å². The maximum atomic E-state index is 12.8. The summed E-state index contributed by atoms with van der Waals surface area (Å²) in [5.41, 5.74) is 0.753. The molecule has 6 nitrogen and oxygen atoms in total. The van der Waals surface area contributed by atoms with Gasteiger partial charge in [-0.15, -0.1) is 0 Å². The summed E-state index contributed by atoms with van der Waals surface area (Å²) in [5, 5.41) is 2.97. The summed E-state index contributed by atoms with van der Waals surface area (Å²) in [6.45, 7) is 4.20. The van der Waals surface area contributed by atoms with Crippen LogP contribution in [0.4, 0.5) is 0 Å². The lowest BCUT2D eigenvalue weighted by Gasteiger charge is -2.31. The summed E-state index contributed by atoms with van der Waals surface area (Å²) in [6.07, 6.45) is 2.06. The van der Waals surface area contributed by atoms with Crippen molar-refractivity contribution in [2.24, 2.45) is 5.92 Å². The van der Waals surface area contributed by atoms with Gasteiger partial charge in [-0.25, -0.2) is 8.42 Å². The predicted molar refractivity (Wildman–Crippen MR) is 98.8 cm³/mol. The summed E-state index contributed by atoms with van der Waals surface area (Å²) in [6, 6.07) is 7.03. The highest BCUT2D eigenvalue weighted by molar-refractivity contribution is 7.89. The molecule has 0 spiro atoms. The van der Waals surface area contributed by atoms with Gasteiger partial charge in [-0.3, -0.25) is 4.79 Å². The molecule has 1 aliphatic heterocycles. The van der Waals surface area contributed by atoms with E-state index in [0.717, 1.165) is 18.5 Å². The molecule has 25 heavy (non-hydrogen) atoms. The van der Waals surface area contributed by atoms with Crippen LogP contribution in [0.1, 0.15) is 24.8 Å². The van der Waals surface area contributed by atoms with Crippen molar-refractivity contribution in [3.8, 4) is 0 Å². The molecule has 0 unspecified atom stereocenters. The monoisotopic (exact) mass is 367 g/mol. The number of benzene rings is 1. The highest BCUT2D eigenvalue weighted by Gasteiger charge is 2.32. The first kappa shape index (κ1) is 19.9. The number of carbonyl (C=O) groups excluding carboxylic acids is 1. The summed E-state index contributed by atoms with van der Waals surface area (Å²) in [4.78, 5) is 14.7. The Morgan fingerprint density at radius 1 is 1.24 bits per heavy atom. The van der Waals surface area contributed by atoms with Gasteiger partial charge in [-0.05, 0) is 58.5 Å². The van der Waals surface area contributed by atoms with Crippen molar-refractivity contribution in [3.05, 3.63) is 29.8 Å². The number of aryl methyl sites for hydroxylation is 1. The Bertz CT molecular complexity index is 681. The molecule has 1 N–H and O–H groups in total. The molecule has 2 rings (SSSR count). The summed E-state index contributed by atoms with van der Waals surface area (Å²) >= 11 is 0. The van der Waals surface area contributed by atoms with Crippen LogP contribution in [0, 0.1) is 12.8 Å². The first-order valence-corrected chi connectivity index (χ1v) is 10.2. The largest absolute Gasteiger partial charge is 0.356 e. The SMILES string of the molecule is Cc1ccccc1S(=O)(=O)N1CCC(C(=O)NCCCN(C)C)CC1. The standard InChI is InChI=1S/C18H29N3O3S/c1-15-7-4-5-8-17(15)25(23,24)21-13-9-16(10-14-21)18(22)19-11-6-12-20(2)3/h4-5,7-8,16H,6,9-14H2,1-3H3,(H,19,22). The molecule has 1 aromatic rings. The van der Waals surface area contributed by atoms with Gasteiger partial charge in [-0.2, -0.15) is 4.31 Å². The van der Waals surface area contributed by atoms with Crippen molar-refractivity contribution in [2.45, 2.75) is 31.1 Å². The van der Waals surface area contributed by atoms with Crippen LogP contribution in [0.15, 0.2) is 29.2 Å². The number of carbonyl (C=O) groups is 1. The number of nitrogens with zero attached hydrogens (tertiary/aromatic N) is 2. The molecule has 0 saturated carbocycles. The molecule has 0 aliphatic carbocycles. The highest BCUT2D eigenvalue weighted by atomic mass is 32.2. The van der Waals surface area contributed by atoms with Crippen molar-refractivity contribution in [2.75, 3.05) is 40.3 Å². The van der Waals surface area contributed by atoms with Gasteiger partial charge in [0.2, 0.25) is 15.9 Å². The van der Waals surface area contributed by atoms with Gasteiger partial charge in [0.15, 0.2) is 0 Å². The van der Waals surface area contributed by atoms with Crippen molar-refractivity contribution in [1.29, 1.82) is 0 Å². The first-order valence-electron chi connectivity index (χ1n) is 8.80. The zero-order chi connectivity index (χ0) is 18.4. The molecule has 0 radical (unpaired) electrons.